The number of aromatic nitrogens is 2. The maximum absolute atomic E-state index is 9.30. The summed E-state index contributed by atoms with van der Waals surface area (Å²) >= 11 is 1.65. The minimum Gasteiger partial charge on any atom is -0.192 e. The number of nitrogens with zero attached hydrogens (tertiary/aromatic N) is 3. The maximum atomic E-state index is 9.30. The van der Waals surface area contributed by atoms with Crippen molar-refractivity contribution in [3.8, 4) is 6.07 Å². The van der Waals surface area contributed by atoms with E-state index in [1.807, 2.05) is 6.92 Å². The van der Waals surface area contributed by atoms with E-state index in [0.29, 0.717) is 5.25 Å². The molecule has 1 rings (SSSR count). The van der Waals surface area contributed by atoms with E-state index in [4.69, 9.17) is 0 Å². The Bertz CT molecular complexity index is 423. The molecule has 0 saturated carbocycles. The predicted molar refractivity (Wildman–Crippen MR) is 71.1 cm³/mol. The molecule has 0 aliphatic heterocycles. The summed E-state index contributed by atoms with van der Waals surface area (Å²) in [5, 5.41) is 19.0. The summed E-state index contributed by atoms with van der Waals surface area (Å²) in [7, 11) is 0. The van der Waals surface area contributed by atoms with Gasteiger partial charge in [0.2, 0.25) is 0 Å². The maximum Gasteiger partial charge on any atom is 0.137 e. The highest BCUT2D eigenvalue weighted by atomic mass is 32.2. The molecule has 1 aromatic rings. The smallest absolute Gasteiger partial charge is 0.137 e. The van der Waals surface area contributed by atoms with Crippen LogP contribution in [0.4, 0.5) is 0 Å². The summed E-state index contributed by atoms with van der Waals surface area (Å²) in [4.78, 5) is 0. The van der Waals surface area contributed by atoms with Crippen molar-refractivity contribution < 1.29 is 0 Å². The zero-order valence-electron chi connectivity index (χ0n) is 10.9. The van der Waals surface area contributed by atoms with Crippen molar-refractivity contribution >= 4 is 11.8 Å². The highest BCUT2D eigenvalue weighted by Gasteiger charge is 2.16. The van der Waals surface area contributed by atoms with E-state index in [1.165, 1.54) is 0 Å². The molecule has 0 saturated heterocycles. The third-order valence-electron chi connectivity index (χ3n) is 2.81. The Morgan fingerprint density at radius 2 is 1.94 bits per heavy atom. The Morgan fingerprint density at radius 3 is 2.41 bits per heavy atom. The molecule has 3 nitrogen and oxygen atoms in total. The molecule has 17 heavy (non-hydrogen) atoms. The number of nitriles is 1. The number of rotatable bonds is 5. The molecule has 0 fully saturated rings. The van der Waals surface area contributed by atoms with Crippen LogP contribution in [0, 0.1) is 11.3 Å². The first kappa shape index (κ1) is 14.0. The SMILES string of the molecule is CCc1nnc(SC(C)CC)c(C#N)c1CC. The number of hydrogen-bond acceptors (Lipinski definition) is 4. The van der Waals surface area contributed by atoms with Crippen LogP contribution in [-0.4, -0.2) is 15.4 Å². The summed E-state index contributed by atoms with van der Waals surface area (Å²) in [6, 6.07) is 2.30. The van der Waals surface area contributed by atoms with Crippen LogP contribution < -0.4 is 0 Å². The lowest BCUT2D eigenvalue weighted by Gasteiger charge is -2.12. The van der Waals surface area contributed by atoms with Crippen molar-refractivity contribution in [2.75, 3.05) is 0 Å². The topological polar surface area (TPSA) is 49.6 Å². The van der Waals surface area contributed by atoms with Crippen LogP contribution in [-0.2, 0) is 12.8 Å². The number of hydrogen-bond donors (Lipinski definition) is 0. The minimum atomic E-state index is 0.466. The Balaban J connectivity index is 3.20. The normalized spacial score (nSPS) is 12.2. The second-order valence-electron chi connectivity index (χ2n) is 3.96. The van der Waals surface area contributed by atoms with E-state index in [-0.39, 0.29) is 0 Å². The molecule has 1 heterocycles. The van der Waals surface area contributed by atoms with Gasteiger partial charge >= 0.3 is 0 Å². The van der Waals surface area contributed by atoms with Gasteiger partial charge in [0.25, 0.3) is 0 Å². The molecule has 1 atom stereocenters. The van der Waals surface area contributed by atoms with Gasteiger partial charge in [-0.15, -0.1) is 16.9 Å². The summed E-state index contributed by atoms with van der Waals surface area (Å²) in [6.45, 7) is 8.39. The largest absolute Gasteiger partial charge is 0.192 e. The summed E-state index contributed by atoms with van der Waals surface area (Å²) < 4.78 is 0. The minimum absolute atomic E-state index is 0.466. The lowest BCUT2D eigenvalue weighted by atomic mass is 10.1. The molecule has 0 amide bonds. The Morgan fingerprint density at radius 1 is 1.24 bits per heavy atom. The quantitative estimate of drug-likeness (QED) is 0.751. The van der Waals surface area contributed by atoms with Crippen LogP contribution >= 0.6 is 11.8 Å². The van der Waals surface area contributed by atoms with Crippen LogP contribution in [0.3, 0.4) is 0 Å². The van der Waals surface area contributed by atoms with Crippen LogP contribution in [0.25, 0.3) is 0 Å². The van der Waals surface area contributed by atoms with Crippen LogP contribution in [0.5, 0.6) is 0 Å². The van der Waals surface area contributed by atoms with E-state index in [2.05, 4.69) is 37.0 Å². The Labute approximate surface area is 108 Å². The fourth-order valence-electron chi connectivity index (χ4n) is 1.63. The van der Waals surface area contributed by atoms with Crippen LogP contribution in [0.1, 0.15) is 50.9 Å². The first-order valence-corrected chi connectivity index (χ1v) is 7.00. The molecule has 4 heteroatoms. The van der Waals surface area contributed by atoms with Gasteiger partial charge in [0.05, 0.1) is 11.3 Å². The molecule has 0 aromatic carbocycles. The lowest BCUT2D eigenvalue weighted by molar-refractivity contribution is 0.811. The molecule has 0 N–H and O–H groups in total. The van der Waals surface area contributed by atoms with Crippen LogP contribution in [0.2, 0.25) is 0 Å². The van der Waals surface area contributed by atoms with Crippen molar-refractivity contribution in [2.45, 2.75) is 57.2 Å². The van der Waals surface area contributed by atoms with Gasteiger partial charge in [0, 0.05) is 5.25 Å². The highest BCUT2D eigenvalue weighted by Crippen LogP contribution is 2.28. The van der Waals surface area contributed by atoms with Gasteiger partial charge in [-0.25, -0.2) is 0 Å². The standard InChI is InChI=1S/C13H19N3S/c1-5-9(4)17-13-11(8-14)10(6-2)12(7-3)15-16-13/h9H,5-7H2,1-4H3. The summed E-state index contributed by atoms with van der Waals surface area (Å²) in [5.41, 5.74) is 2.75. The molecule has 1 unspecified atom stereocenters. The monoisotopic (exact) mass is 249 g/mol. The van der Waals surface area contributed by atoms with E-state index in [1.54, 1.807) is 11.8 Å². The summed E-state index contributed by atoms with van der Waals surface area (Å²) in [5.74, 6) is 0. The molecular weight excluding hydrogens is 230 g/mol. The molecular formula is C13H19N3S. The van der Waals surface area contributed by atoms with Crippen molar-refractivity contribution in [3.05, 3.63) is 16.8 Å². The van der Waals surface area contributed by atoms with Gasteiger partial charge in [0.1, 0.15) is 11.1 Å². The van der Waals surface area contributed by atoms with Crippen molar-refractivity contribution in [1.82, 2.24) is 10.2 Å². The Hall–Kier alpha value is -1.08. The number of aryl methyl sites for hydroxylation is 1. The van der Waals surface area contributed by atoms with Gasteiger partial charge < -0.3 is 0 Å². The first-order valence-electron chi connectivity index (χ1n) is 6.12. The zero-order valence-corrected chi connectivity index (χ0v) is 11.8. The summed E-state index contributed by atoms with van der Waals surface area (Å²) in [6.07, 6.45) is 2.74. The van der Waals surface area contributed by atoms with Crippen molar-refractivity contribution in [3.63, 3.8) is 0 Å². The van der Waals surface area contributed by atoms with Crippen molar-refractivity contribution in [1.29, 1.82) is 5.26 Å². The molecule has 0 aliphatic carbocycles. The van der Waals surface area contributed by atoms with E-state index >= 15 is 0 Å². The zero-order chi connectivity index (χ0) is 12.8. The number of thioether (sulfide) groups is 1. The van der Waals surface area contributed by atoms with Gasteiger partial charge in [-0.2, -0.15) is 10.4 Å². The molecule has 0 bridgehead atoms. The van der Waals surface area contributed by atoms with E-state index < -0.39 is 0 Å². The van der Waals surface area contributed by atoms with E-state index in [9.17, 15) is 5.26 Å². The second-order valence-corrected chi connectivity index (χ2v) is 5.39. The predicted octanol–water partition coefficient (Wildman–Crippen LogP) is 3.36. The highest BCUT2D eigenvalue weighted by molar-refractivity contribution is 7.99. The van der Waals surface area contributed by atoms with Gasteiger partial charge in [-0.3, -0.25) is 0 Å². The third-order valence-corrected chi connectivity index (χ3v) is 4.06. The third kappa shape index (κ3) is 3.19. The molecule has 0 aliphatic rings. The Kier molecular flexibility index (Phi) is 5.43. The first-order chi connectivity index (χ1) is 8.17. The average molecular weight is 249 g/mol. The van der Waals surface area contributed by atoms with Crippen molar-refractivity contribution in [2.24, 2.45) is 0 Å². The van der Waals surface area contributed by atoms with Crippen LogP contribution in [0.15, 0.2) is 5.03 Å². The second kappa shape index (κ2) is 6.61. The van der Waals surface area contributed by atoms with E-state index in [0.717, 1.165) is 41.1 Å². The average Bonchev–Trinajstić information content (AvgIpc) is 2.37. The lowest BCUT2D eigenvalue weighted by Crippen LogP contribution is -2.06. The fourth-order valence-corrected chi connectivity index (χ4v) is 2.55. The molecule has 92 valence electrons. The molecule has 1 aromatic heterocycles. The van der Waals surface area contributed by atoms with Gasteiger partial charge in [-0.05, 0) is 24.8 Å². The van der Waals surface area contributed by atoms with Gasteiger partial charge in [-0.1, -0.05) is 27.7 Å². The molecule has 0 radical (unpaired) electrons. The fraction of sp³-hybridized carbons (Fsp3) is 0.615. The van der Waals surface area contributed by atoms with Gasteiger partial charge in [0.15, 0.2) is 0 Å². The molecule has 0 spiro atoms.